The minimum Gasteiger partial charge on any atom is -0.320 e. The van der Waals surface area contributed by atoms with E-state index in [0.29, 0.717) is 10.5 Å². The summed E-state index contributed by atoms with van der Waals surface area (Å²) in [6.45, 7) is 0. The van der Waals surface area contributed by atoms with Gasteiger partial charge in [-0.25, -0.2) is 0 Å². The van der Waals surface area contributed by atoms with E-state index in [1.54, 1.807) is 23.9 Å². The number of aromatic amines is 1. The molecule has 3 rings (SSSR count). The van der Waals surface area contributed by atoms with Crippen LogP contribution in [0.3, 0.4) is 0 Å². The van der Waals surface area contributed by atoms with Crippen LogP contribution in [0.2, 0.25) is 5.02 Å². The fraction of sp³-hybridized carbons (Fsp3) is 0.0909. The number of nitrogens with zero attached hydrogens (tertiary/aromatic N) is 2. The summed E-state index contributed by atoms with van der Waals surface area (Å²) in [5, 5.41) is 6.52. The molecule has 0 saturated carbocycles. The Morgan fingerprint density at radius 2 is 2.19 bits per heavy atom. The first-order chi connectivity index (χ1) is 7.65. The molecule has 0 aliphatic heterocycles. The van der Waals surface area contributed by atoms with Crippen LogP contribution in [-0.4, -0.2) is 14.8 Å². The molecular formula is C11H8ClN3O. The Morgan fingerprint density at radius 1 is 1.38 bits per heavy atom. The summed E-state index contributed by atoms with van der Waals surface area (Å²) < 4.78 is 1.63. The second-order valence-corrected chi connectivity index (χ2v) is 4.15. The van der Waals surface area contributed by atoms with Gasteiger partial charge in [-0.05, 0) is 12.1 Å². The molecule has 0 unspecified atom stereocenters. The van der Waals surface area contributed by atoms with Crippen molar-refractivity contribution in [3.8, 4) is 0 Å². The minimum absolute atomic E-state index is 0.189. The average molecular weight is 234 g/mol. The zero-order valence-corrected chi connectivity index (χ0v) is 9.25. The molecule has 5 heteroatoms. The Labute approximate surface area is 95.5 Å². The third-order valence-electron chi connectivity index (χ3n) is 2.56. The van der Waals surface area contributed by atoms with Crippen molar-refractivity contribution < 1.29 is 0 Å². The normalized spacial score (nSPS) is 11.4. The number of hydrogen-bond donors (Lipinski definition) is 1. The van der Waals surface area contributed by atoms with Gasteiger partial charge in [0.15, 0.2) is 5.52 Å². The van der Waals surface area contributed by atoms with E-state index in [2.05, 4.69) is 10.1 Å². The van der Waals surface area contributed by atoms with Crippen LogP contribution in [0.1, 0.15) is 0 Å². The van der Waals surface area contributed by atoms with Crippen molar-refractivity contribution in [3.05, 3.63) is 39.8 Å². The van der Waals surface area contributed by atoms with Gasteiger partial charge in [-0.1, -0.05) is 17.7 Å². The number of benzene rings is 1. The van der Waals surface area contributed by atoms with Crippen LogP contribution in [0.25, 0.3) is 21.8 Å². The van der Waals surface area contributed by atoms with Crippen LogP contribution in [0.5, 0.6) is 0 Å². The van der Waals surface area contributed by atoms with Gasteiger partial charge in [-0.15, -0.1) is 0 Å². The molecule has 1 N–H and O–H groups in total. The zero-order valence-electron chi connectivity index (χ0n) is 8.49. The first kappa shape index (κ1) is 9.42. The topological polar surface area (TPSA) is 50.7 Å². The monoisotopic (exact) mass is 233 g/mol. The van der Waals surface area contributed by atoms with Gasteiger partial charge < -0.3 is 4.98 Å². The predicted octanol–water partition coefficient (Wildman–Crippen LogP) is 2.07. The molecule has 0 fully saturated rings. The lowest BCUT2D eigenvalue weighted by atomic mass is 10.1. The summed E-state index contributed by atoms with van der Waals surface area (Å²) >= 11 is 5.88. The van der Waals surface area contributed by atoms with E-state index < -0.39 is 0 Å². The molecule has 0 atom stereocenters. The van der Waals surface area contributed by atoms with Gasteiger partial charge in [0.05, 0.1) is 5.52 Å². The average Bonchev–Trinajstić information content (AvgIpc) is 2.60. The predicted molar refractivity (Wildman–Crippen MR) is 63.9 cm³/mol. The maximum atomic E-state index is 11.7. The van der Waals surface area contributed by atoms with E-state index in [1.165, 1.54) is 0 Å². The van der Waals surface area contributed by atoms with Crippen molar-refractivity contribution in [3.63, 3.8) is 0 Å². The molecule has 0 bridgehead atoms. The lowest BCUT2D eigenvalue weighted by molar-refractivity contribution is 0.778. The van der Waals surface area contributed by atoms with Gasteiger partial charge in [-0.2, -0.15) is 5.10 Å². The molecule has 1 aromatic carbocycles. The molecule has 16 heavy (non-hydrogen) atoms. The summed E-state index contributed by atoms with van der Waals surface area (Å²) in [7, 11) is 1.79. The van der Waals surface area contributed by atoms with Gasteiger partial charge in [0.2, 0.25) is 0 Å². The van der Waals surface area contributed by atoms with E-state index in [9.17, 15) is 4.79 Å². The number of H-pyrrole nitrogens is 1. The highest BCUT2D eigenvalue weighted by atomic mass is 35.5. The summed E-state index contributed by atoms with van der Waals surface area (Å²) in [5.41, 5.74) is 1.00. The minimum atomic E-state index is -0.189. The van der Waals surface area contributed by atoms with Crippen molar-refractivity contribution in [2.24, 2.45) is 7.05 Å². The number of fused-ring (bicyclic) bond motifs is 3. The lowest BCUT2D eigenvalue weighted by Crippen LogP contribution is -2.06. The summed E-state index contributed by atoms with van der Waals surface area (Å²) in [4.78, 5) is 14.5. The second-order valence-electron chi connectivity index (χ2n) is 3.71. The van der Waals surface area contributed by atoms with Gasteiger partial charge in [0.25, 0.3) is 5.56 Å². The first-order valence-corrected chi connectivity index (χ1v) is 5.18. The first-order valence-electron chi connectivity index (χ1n) is 4.80. The largest absolute Gasteiger partial charge is 0.320 e. The molecule has 0 radical (unpaired) electrons. The van der Waals surface area contributed by atoms with Crippen LogP contribution in [0.4, 0.5) is 0 Å². The molecule has 4 nitrogen and oxygen atoms in total. The number of aromatic nitrogens is 3. The maximum Gasteiger partial charge on any atom is 0.276 e. The Morgan fingerprint density at radius 3 is 3.00 bits per heavy atom. The Hall–Kier alpha value is -1.81. The molecule has 0 saturated heterocycles. The fourth-order valence-electron chi connectivity index (χ4n) is 1.89. The highest BCUT2D eigenvalue weighted by Gasteiger charge is 2.08. The van der Waals surface area contributed by atoms with Crippen molar-refractivity contribution in [2.45, 2.75) is 0 Å². The highest BCUT2D eigenvalue weighted by molar-refractivity contribution is 6.31. The van der Waals surface area contributed by atoms with Gasteiger partial charge in [0, 0.05) is 29.0 Å². The molecular weight excluding hydrogens is 226 g/mol. The Balaban J connectivity index is 2.63. The van der Waals surface area contributed by atoms with Gasteiger partial charge >= 0.3 is 0 Å². The van der Waals surface area contributed by atoms with E-state index in [4.69, 9.17) is 11.6 Å². The third-order valence-corrected chi connectivity index (χ3v) is 2.80. The molecule has 2 heterocycles. The van der Waals surface area contributed by atoms with Crippen LogP contribution < -0.4 is 5.56 Å². The van der Waals surface area contributed by atoms with E-state index in [0.717, 1.165) is 16.3 Å². The lowest BCUT2D eigenvalue weighted by Gasteiger charge is -1.98. The zero-order chi connectivity index (χ0) is 11.3. The molecule has 0 amide bonds. The smallest absolute Gasteiger partial charge is 0.276 e. The summed E-state index contributed by atoms with van der Waals surface area (Å²) in [6.07, 6.45) is 1.83. The van der Waals surface area contributed by atoms with Crippen molar-refractivity contribution in [2.75, 3.05) is 0 Å². The van der Waals surface area contributed by atoms with Gasteiger partial charge in [-0.3, -0.25) is 9.48 Å². The van der Waals surface area contributed by atoms with Crippen LogP contribution in [0, 0.1) is 0 Å². The highest BCUT2D eigenvalue weighted by Crippen LogP contribution is 2.22. The second kappa shape index (κ2) is 3.09. The summed E-state index contributed by atoms with van der Waals surface area (Å²) in [5.74, 6) is 0. The number of aryl methyl sites for hydroxylation is 1. The quantitative estimate of drug-likeness (QED) is 0.646. The van der Waals surface area contributed by atoms with E-state index >= 15 is 0 Å². The molecule has 0 spiro atoms. The summed E-state index contributed by atoms with van der Waals surface area (Å²) in [6, 6.07) is 5.43. The maximum absolute atomic E-state index is 11.7. The molecule has 2 aromatic heterocycles. The fourth-order valence-corrected chi connectivity index (χ4v) is 2.06. The number of pyridine rings is 1. The van der Waals surface area contributed by atoms with Crippen LogP contribution >= 0.6 is 11.6 Å². The van der Waals surface area contributed by atoms with Crippen LogP contribution in [-0.2, 0) is 7.05 Å². The number of hydrogen-bond acceptors (Lipinski definition) is 2. The molecule has 3 aromatic rings. The van der Waals surface area contributed by atoms with Crippen molar-refractivity contribution in [1.29, 1.82) is 0 Å². The molecule has 80 valence electrons. The standard InChI is InChI=1S/C11H8ClN3O/c1-15-5-8-7-3-2-6(12)4-9(7)13-11(16)10(8)14-15/h2-5H,1H3,(H,13,16). The number of rotatable bonds is 0. The van der Waals surface area contributed by atoms with E-state index in [1.807, 2.05) is 12.3 Å². The third kappa shape index (κ3) is 1.23. The SMILES string of the molecule is Cn1cc2c(n1)c(=O)[nH]c1cc(Cl)ccc12. The molecule has 0 aliphatic carbocycles. The van der Waals surface area contributed by atoms with E-state index in [-0.39, 0.29) is 5.56 Å². The van der Waals surface area contributed by atoms with Crippen LogP contribution in [0.15, 0.2) is 29.2 Å². The van der Waals surface area contributed by atoms with Crippen molar-refractivity contribution in [1.82, 2.24) is 14.8 Å². The number of nitrogens with one attached hydrogen (secondary N) is 1. The van der Waals surface area contributed by atoms with Crippen molar-refractivity contribution >= 4 is 33.4 Å². The van der Waals surface area contributed by atoms with Gasteiger partial charge in [0.1, 0.15) is 0 Å². The number of halogens is 1. The Bertz CT molecular complexity index is 757. The Kier molecular flexibility index (Phi) is 1.82. The molecule has 0 aliphatic rings.